The van der Waals surface area contributed by atoms with Crippen LogP contribution in [0, 0.1) is 0 Å². The topological polar surface area (TPSA) is 64.5 Å². The molecule has 0 radical (unpaired) electrons. The molecule has 25 heavy (non-hydrogen) atoms. The molecule has 1 aliphatic rings. The van der Waals surface area contributed by atoms with Crippen LogP contribution in [-0.2, 0) is 4.74 Å². The summed E-state index contributed by atoms with van der Waals surface area (Å²) >= 11 is 6.07. The second kappa shape index (κ2) is 7.04. The maximum absolute atomic E-state index is 12.1. The van der Waals surface area contributed by atoms with Crippen molar-refractivity contribution in [2.24, 2.45) is 0 Å². The molecule has 1 aliphatic heterocycles. The highest BCUT2D eigenvalue weighted by Crippen LogP contribution is 2.27. The average molecular weight is 364 g/mol. The van der Waals surface area contributed by atoms with E-state index in [2.05, 4.69) is 9.97 Å². The minimum Gasteiger partial charge on any atom is -0.474 e. The van der Waals surface area contributed by atoms with Crippen molar-refractivity contribution in [2.45, 2.75) is 45.3 Å². The van der Waals surface area contributed by atoms with E-state index in [1.165, 1.54) is 0 Å². The van der Waals surface area contributed by atoms with Gasteiger partial charge in [-0.15, -0.1) is 0 Å². The van der Waals surface area contributed by atoms with Gasteiger partial charge in [-0.2, -0.15) is 0 Å². The molecule has 6 nitrogen and oxygen atoms in total. The van der Waals surface area contributed by atoms with E-state index >= 15 is 0 Å². The quantitative estimate of drug-likeness (QED) is 0.753. The third kappa shape index (κ3) is 4.51. The number of likely N-dealkylation sites (tertiary alicyclic amines) is 1. The largest absolute Gasteiger partial charge is 0.474 e. The molecule has 3 rings (SSSR count). The fourth-order valence-corrected chi connectivity index (χ4v) is 2.93. The van der Waals surface area contributed by atoms with Crippen LogP contribution in [0.5, 0.6) is 5.88 Å². The summed E-state index contributed by atoms with van der Waals surface area (Å²) < 4.78 is 11.5. The van der Waals surface area contributed by atoms with E-state index in [1.807, 2.05) is 32.9 Å². The van der Waals surface area contributed by atoms with Crippen LogP contribution in [0.15, 0.2) is 24.4 Å². The lowest BCUT2D eigenvalue weighted by molar-refractivity contribution is 0.0124. The molecular formula is C18H22ClN3O3. The van der Waals surface area contributed by atoms with E-state index < -0.39 is 5.60 Å². The molecule has 2 aromatic rings. The van der Waals surface area contributed by atoms with Gasteiger partial charge in [-0.05, 0) is 32.9 Å². The number of pyridine rings is 2. The Morgan fingerprint density at radius 1 is 1.32 bits per heavy atom. The number of aromatic nitrogens is 2. The molecule has 0 aromatic carbocycles. The summed E-state index contributed by atoms with van der Waals surface area (Å²) in [7, 11) is 0. The highest BCUT2D eigenvalue weighted by Gasteiger charge is 2.28. The van der Waals surface area contributed by atoms with Crippen LogP contribution in [0.3, 0.4) is 0 Å². The van der Waals surface area contributed by atoms with Gasteiger partial charge < -0.3 is 14.4 Å². The second-order valence-electron chi connectivity index (χ2n) is 7.10. The Balaban J connectivity index is 1.64. The van der Waals surface area contributed by atoms with Crippen LogP contribution in [0.25, 0.3) is 10.9 Å². The van der Waals surface area contributed by atoms with Gasteiger partial charge in [-0.1, -0.05) is 11.6 Å². The Morgan fingerprint density at radius 2 is 2.04 bits per heavy atom. The van der Waals surface area contributed by atoms with Crippen molar-refractivity contribution in [3.8, 4) is 5.88 Å². The summed E-state index contributed by atoms with van der Waals surface area (Å²) in [6.45, 7) is 6.78. The standard InChI is InChI=1S/C18H22ClN3O3/c1-18(2,3)25-17(23)22-9-6-12(7-10-22)24-16-13-5-4-8-20-14(13)11-15(19)21-16/h4-5,8,11-12H,6-7,9-10H2,1-3H3. The van der Waals surface area contributed by atoms with Crippen molar-refractivity contribution in [3.05, 3.63) is 29.5 Å². The molecule has 0 unspecified atom stereocenters. The average Bonchev–Trinajstić information content (AvgIpc) is 2.53. The summed E-state index contributed by atoms with van der Waals surface area (Å²) in [5.41, 5.74) is 0.268. The SMILES string of the molecule is CC(C)(C)OC(=O)N1CCC(Oc2nc(Cl)cc3ncccc23)CC1. The van der Waals surface area contributed by atoms with Crippen LogP contribution in [0.4, 0.5) is 4.79 Å². The molecule has 7 heteroatoms. The highest BCUT2D eigenvalue weighted by atomic mass is 35.5. The normalized spacial score (nSPS) is 16.1. The summed E-state index contributed by atoms with van der Waals surface area (Å²) in [5.74, 6) is 0.492. The molecule has 2 aromatic heterocycles. The first kappa shape index (κ1) is 17.7. The number of ether oxygens (including phenoxy) is 2. The third-order valence-electron chi connectivity index (χ3n) is 3.91. The molecular weight excluding hydrogens is 342 g/mol. The first-order valence-electron chi connectivity index (χ1n) is 8.38. The molecule has 0 aliphatic carbocycles. The van der Waals surface area contributed by atoms with Crippen LogP contribution in [-0.4, -0.2) is 45.8 Å². The van der Waals surface area contributed by atoms with Gasteiger partial charge in [0.2, 0.25) is 5.88 Å². The number of amides is 1. The number of nitrogens with zero attached hydrogens (tertiary/aromatic N) is 3. The molecule has 1 fully saturated rings. The van der Waals surface area contributed by atoms with Crippen molar-refractivity contribution in [3.63, 3.8) is 0 Å². The Bertz CT molecular complexity index is 768. The van der Waals surface area contributed by atoms with Crippen molar-refractivity contribution in [1.29, 1.82) is 0 Å². The Kier molecular flexibility index (Phi) is 4.99. The maximum atomic E-state index is 12.1. The van der Waals surface area contributed by atoms with Gasteiger partial charge in [0.05, 0.1) is 10.9 Å². The lowest BCUT2D eigenvalue weighted by Crippen LogP contribution is -2.44. The van der Waals surface area contributed by atoms with Crippen LogP contribution >= 0.6 is 11.6 Å². The lowest BCUT2D eigenvalue weighted by Gasteiger charge is -2.33. The fourth-order valence-electron chi connectivity index (χ4n) is 2.75. The summed E-state index contributed by atoms with van der Waals surface area (Å²) in [6, 6.07) is 5.47. The smallest absolute Gasteiger partial charge is 0.410 e. The van der Waals surface area contributed by atoms with Gasteiger partial charge in [0.1, 0.15) is 16.9 Å². The van der Waals surface area contributed by atoms with E-state index in [1.54, 1.807) is 17.2 Å². The second-order valence-corrected chi connectivity index (χ2v) is 7.49. The van der Waals surface area contributed by atoms with Gasteiger partial charge in [-0.3, -0.25) is 4.98 Å². The number of rotatable bonds is 2. The zero-order valence-corrected chi connectivity index (χ0v) is 15.4. The van der Waals surface area contributed by atoms with Crippen LogP contribution < -0.4 is 4.74 Å². The Morgan fingerprint density at radius 3 is 2.72 bits per heavy atom. The number of carbonyl (C=O) groups excluding carboxylic acids is 1. The van der Waals surface area contributed by atoms with Gasteiger partial charge in [0, 0.05) is 38.2 Å². The highest BCUT2D eigenvalue weighted by molar-refractivity contribution is 6.30. The predicted molar refractivity (Wildman–Crippen MR) is 96.0 cm³/mol. The molecule has 1 saturated heterocycles. The molecule has 1 amide bonds. The number of piperidine rings is 1. The predicted octanol–water partition coefficient (Wildman–Crippen LogP) is 4.06. The van der Waals surface area contributed by atoms with Gasteiger partial charge >= 0.3 is 6.09 Å². The first-order chi connectivity index (χ1) is 11.8. The summed E-state index contributed by atoms with van der Waals surface area (Å²) in [4.78, 5) is 22.4. The zero-order valence-electron chi connectivity index (χ0n) is 14.7. The molecule has 0 N–H and O–H groups in total. The van der Waals surface area contributed by atoms with E-state index in [9.17, 15) is 4.79 Å². The Labute approximate surface area is 152 Å². The van der Waals surface area contributed by atoms with Crippen LogP contribution in [0.1, 0.15) is 33.6 Å². The van der Waals surface area contributed by atoms with Crippen molar-refractivity contribution >= 4 is 28.6 Å². The number of hydrogen-bond acceptors (Lipinski definition) is 5. The molecule has 0 bridgehead atoms. The molecule has 3 heterocycles. The van der Waals surface area contributed by atoms with E-state index in [0.29, 0.717) is 24.1 Å². The number of hydrogen-bond donors (Lipinski definition) is 0. The zero-order chi connectivity index (χ0) is 18.0. The third-order valence-corrected chi connectivity index (χ3v) is 4.10. The van der Waals surface area contributed by atoms with Gasteiger partial charge in [0.15, 0.2) is 0 Å². The molecule has 0 spiro atoms. The van der Waals surface area contributed by atoms with E-state index in [4.69, 9.17) is 21.1 Å². The summed E-state index contributed by atoms with van der Waals surface area (Å²) in [5, 5.41) is 1.19. The summed E-state index contributed by atoms with van der Waals surface area (Å²) in [6.07, 6.45) is 2.85. The van der Waals surface area contributed by atoms with Crippen molar-refractivity contribution in [2.75, 3.05) is 13.1 Å². The van der Waals surface area contributed by atoms with E-state index in [0.717, 1.165) is 23.7 Å². The van der Waals surface area contributed by atoms with Gasteiger partial charge in [-0.25, -0.2) is 9.78 Å². The van der Waals surface area contributed by atoms with Crippen LogP contribution in [0.2, 0.25) is 5.15 Å². The minimum atomic E-state index is -0.485. The number of carbonyl (C=O) groups is 1. The monoisotopic (exact) mass is 363 g/mol. The fraction of sp³-hybridized carbons (Fsp3) is 0.500. The lowest BCUT2D eigenvalue weighted by atomic mass is 10.1. The molecule has 0 saturated carbocycles. The Hall–Kier alpha value is -2.08. The van der Waals surface area contributed by atoms with E-state index in [-0.39, 0.29) is 12.2 Å². The maximum Gasteiger partial charge on any atom is 0.410 e. The number of halogens is 1. The van der Waals surface area contributed by atoms with Crippen molar-refractivity contribution in [1.82, 2.24) is 14.9 Å². The van der Waals surface area contributed by atoms with Gasteiger partial charge in [0.25, 0.3) is 0 Å². The number of fused-ring (bicyclic) bond motifs is 1. The first-order valence-corrected chi connectivity index (χ1v) is 8.75. The van der Waals surface area contributed by atoms with Crippen molar-refractivity contribution < 1.29 is 14.3 Å². The molecule has 0 atom stereocenters. The molecule has 134 valence electrons. The minimum absolute atomic E-state index is 0.0203.